The molecule has 0 bridgehead atoms. The molecule has 94 valence electrons. The van der Waals surface area contributed by atoms with Crippen LogP contribution in [-0.4, -0.2) is 44.6 Å². The van der Waals surface area contributed by atoms with Crippen LogP contribution in [0.4, 0.5) is 0 Å². The van der Waals surface area contributed by atoms with Crippen molar-refractivity contribution in [2.24, 2.45) is 5.92 Å². The van der Waals surface area contributed by atoms with Crippen LogP contribution in [0.3, 0.4) is 0 Å². The van der Waals surface area contributed by atoms with Crippen LogP contribution in [0.15, 0.2) is 12.3 Å². The molecule has 2 rings (SSSR count). The molecule has 4 atom stereocenters. The van der Waals surface area contributed by atoms with Crippen LogP contribution in [0, 0.1) is 5.92 Å². The van der Waals surface area contributed by atoms with Crippen molar-refractivity contribution >= 4 is 34.3 Å². The molecular formula is C11H14INO4. The third-order valence-electron chi connectivity index (χ3n) is 3.14. The number of aliphatic hydroxyl groups is 1. The molecule has 1 saturated heterocycles. The van der Waals surface area contributed by atoms with Crippen LogP contribution in [0.25, 0.3) is 0 Å². The smallest absolute Gasteiger partial charge is 0.236 e. The summed E-state index contributed by atoms with van der Waals surface area (Å²) in [5.74, 6) is -0.616. The van der Waals surface area contributed by atoms with Gasteiger partial charge in [0.05, 0.1) is 18.6 Å². The Labute approximate surface area is 113 Å². The van der Waals surface area contributed by atoms with Crippen LogP contribution in [0.5, 0.6) is 0 Å². The molecular weight excluding hydrogens is 337 g/mol. The number of carbonyl (C=O) groups excluding carboxylic acids is 2. The van der Waals surface area contributed by atoms with Gasteiger partial charge in [0.25, 0.3) is 0 Å². The fraction of sp³-hybridized carbons (Fsp3) is 0.636. The zero-order valence-electron chi connectivity index (χ0n) is 9.38. The van der Waals surface area contributed by atoms with E-state index in [0.717, 1.165) is 0 Å². The molecule has 0 saturated carbocycles. The summed E-state index contributed by atoms with van der Waals surface area (Å²) in [6.45, 7) is 1.85. The minimum Gasteiger partial charge on any atom is -0.390 e. The number of carbonyl (C=O) groups is 2. The van der Waals surface area contributed by atoms with E-state index < -0.39 is 12.3 Å². The number of alkyl halides is 1. The lowest BCUT2D eigenvalue weighted by Crippen LogP contribution is -2.42. The number of halogens is 1. The minimum atomic E-state index is -0.573. The van der Waals surface area contributed by atoms with E-state index in [-0.39, 0.29) is 30.1 Å². The van der Waals surface area contributed by atoms with Gasteiger partial charge in [0, 0.05) is 16.5 Å². The number of ether oxygens (including phenoxy) is 1. The standard InChI is InChI=1S/C11H14INO4/c1-6-10(16)8(5-12)17-11(6)13-3-2-7(14)4-9(13)15/h2-3,6,8,10-11,16H,4-5H2,1H3/t6-,8+,10-,11+/m0/s1. The molecule has 1 amide bonds. The number of hydrogen-bond donors (Lipinski definition) is 1. The average Bonchev–Trinajstić information content (AvgIpc) is 2.57. The molecule has 1 fully saturated rings. The summed E-state index contributed by atoms with van der Waals surface area (Å²) in [5, 5.41) is 9.94. The first-order chi connectivity index (χ1) is 8.04. The van der Waals surface area contributed by atoms with E-state index in [1.165, 1.54) is 17.2 Å². The van der Waals surface area contributed by atoms with E-state index in [2.05, 4.69) is 22.6 Å². The monoisotopic (exact) mass is 351 g/mol. The SMILES string of the molecule is C[C@H]1[C@H](O)[C@@H](CI)O[C@H]1N1C=CC(=O)CC1=O. The van der Waals surface area contributed by atoms with Gasteiger partial charge in [-0.1, -0.05) is 29.5 Å². The number of amides is 1. The molecule has 2 aliphatic rings. The largest absolute Gasteiger partial charge is 0.390 e. The highest BCUT2D eigenvalue weighted by atomic mass is 127. The molecule has 6 heteroatoms. The van der Waals surface area contributed by atoms with Gasteiger partial charge >= 0.3 is 0 Å². The third kappa shape index (κ3) is 2.38. The van der Waals surface area contributed by atoms with Gasteiger partial charge in [-0.25, -0.2) is 0 Å². The van der Waals surface area contributed by atoms with Gasteiger partial charge in [-0.3, -0.25) is 14.5 Å². The lowest BCUT2D eigenvalue weighted by Gasteiger charge is -2.29. The van der Waals surface area contributed by atoms with Gasteiger partial charge < -0.3 is 9.84 Å². The molecule has 0 aliphatic carbocycles. The van der Waals surface area contributed by atoms with Gasteiger partial charge in [-0.15, -0.1) is 0 Å². The van der Waals surface area contributed by atoms with Gasteiger partial charge in [0.1, 0.15) is 6.23 Å². The van der Waals surface area contributed by atoms with Crippen molar-refractivity contribution in [3.63, 3.8) is 0 Å². The van der Waals surface area contributed by atoms with Gasteiger partial charge in [-0.2, -0.15) is 0 Å². The zero-order chi connectivity index (χ0) is 12.6. The number of allylic oxidation sites excluding steroid dienone is 1. The normalized spacial score (nSPS) is 37.9. The Morgan fingerprint density at radius 3 is 2.82 bits per heavy atom. The predicted octanol–water partition coefficient (Wildman–Crippen LogP) is 0.458. The maximum Gasteiger partial charge on any atom is 0.236 e. The van der Waals surface area contributed by atoms with Crippen molar-refractivity contribution in [3.05, 3.63) is 12.3 Å². The van der Waals surface area contributed by atoms with Crippen LogP contribution in [-0.2, 0) is 14.3 Å². The Morgan fingerprint density at radius 1 is 1.59 bits per heavy atom. The Kier molecular flexibility index (Phi) is 3.84. The minimum absolute atomic E-state index is 0.117. The van der Waals surface area contributed by atoms with Crippen LogP contribution in [0.2, 0.25) is 0 Å². The quantitative estimate of drug-likeness (QED) is 0.446. The molecule has 0 spiro atoms. The molecule has 0 aromatic rings. The van der Waals surface area contributed by atoms with Crippen molar-refractivity contribution in [1.29, 1.82) is 0 Å². The summed E-state index contributed by atoms with van der Waals surface area (Å²) in [7, 11) is 0. The Hall–Kier alpha value is -0.470. The fourth-order valence-electron chi connectivity index (χ4n) is 2.11. The number of nitrogens with zero attached hydrogens (tertiary/aromatic N) is 1. The third-order valence-corrected chi connectivity index (χ3v) is 4.01. The van der Waals surface area contributed by atoms with Crippen molar-refractivity contribution in [2.45, 2.75) is 31.8 Å². The van der Waals surface area contributed by atoms with Crippen molar-refractivity contribution in [1.82, 2.24) is 4.90 Å². The average molecular weight is 351 g/mol. The predicted molar refractivity (Wildman–Crippen MR) is 68.3 cm³/mol. The van der Waals surface area contributed by atoms with Crippen LogP contribution >= 0.6 is 22.6 Å². The first kappa shape index (κ1) is 13.0. The zero-order valence-corrected chi connectivity index (χ0v) is 11.5. The Morgan fingerprint density at radius 2 is 2.29 bits per heavy atom. The maximum atomic E-state index is 11.7. The van der Waals surface area contributed by atoms with Crippen LogP contribution in [0.1, 0.15) is 13.3 Å². The highest BCUT2D eigenvalue weighted by Crippen LogP contribution is 2.31. The van der Waals surface area contributed by atoms with E-state index in [1.807, 2.05) is 6.92 Å². The molecule has 0 aromatic carbocycles. The summed E-state index contributed by atoms with van der Waals surface area (Å²) in [6, 6.07) is 0. The lowest BCUT2D eigenvalue weighted by atomic mass is 10.0. The molecule has 5 nitrogen and oxygen atoms in total. The molecule has 2 aliphatic heterocycles. The van der Waals surface area contributed by atoms with E-state index in [4.69, 9.17) is 4.74 Å². The van der Waals surface area contributed by atoms with Crippen molar-refractivity contribution in [2.75, 3.05) is 4.43 Å². The van der Waals surface area contributed by atoms with Gasteiger partial charge in [0.15, 0.2) is 5.78 Å². The van der Waals surface area contributed by atoms with E-state index >= 15 is 0 Å². The molecule has 0 unspecified atom stereocenters. The highest BCUT2D eigenvalue weighted by Gasteiger charge is 2.44. The van der Waals surface area contributed by atoms with Crippen LogP contribution < -0.4 is 0 Å². The lowest BCUT2D eigenvalue weighted by molar-refractivity contribution is -0.144. The fourth-order valence-corrected chi connectivity index (χ4v) is 2.84. The molecule has 0 radical (unpaired) electrons. The summed E-state index contributed by atoms with van der Waals surface area (Å²) in [5.41, 5.74) is 0. The maximum absolute atomic E-state index is 11.7. The topological polar surface area (TPSA) is 66.8 Å². The number of aliphatic hydroxyl groups excluding tert-OH is 1. The summed E-state index contributed by atoms with van der Waals surface area (Å²) >= 11 is 2.14. The second kappa shape index (κ2) is 5.03. The summed E-state index contributed by atoms with van der Waals surface area (Å²) in [4.78, 5) is 24.2. The second-order valence-electron chi connectivity index (χ2n) is 4.33. The van der Waals surface area contributed by atoms with Crippen molar-refractivity contribution < 1.29 is 19.4 Å². The Balaban J connectivity index is 2.16. The number of hydrogen-bond acceptors (Lipinski definition) is 4. The number of rotatable bonds is 2. The van der Waals surface area contributed by atoms with E-state index in [0.29, 0.717) is 4.43 Å². The van der Waals surface area contributed by atoms with Gasteiger partial charge in [0.2, 0.25) is 5.91 Å². The molecule has 1 N–H and O–H groups in total. The first-order valence-corrected chi connectivity index (χ1v) is 6.99. The second-order valence-corrected chi connectivity index (χ2v) is 5.21. The highest BCUT2D eigenvalue weighted by molar-refractivity contribution is 14.1. The number of ketones is 1. The summed E-state index contributed by atoms with van der Waals surface area (Å²) in [6.07, 6.45) is 1.42. The van der Waals surface area contributed by atoms with E-state index in [1.54, 1.807) is 0 Å². The summed E-state index contributed by atoms with van der Waals surface area (Å²) < 4.78 is 6.34. The Bertz CT molecular complexity index is 370. The molecule has 2 heterocycles. The first-order valence-electron chi connectivity index (χ1n) is 5.46. The van der Waals surface area contributed by atoms with E-state index in [9.17, 15) is 14.7 Å². The molecule has 0 aromatic heterocycles. The van der Waals surface area contributed by atoms with Gasteiger partial charge in [-0.05, 0) is 6.08 Å². The van der Waals surface area contributed by atoms with Crippen molar-refractivity contribution in [3.8, 4) is 0 Å². The molecule has 17 heavy (non-hydrogen) atoms.